The van der Waals surface area contributed by atoms with Crippen molar-refractivity contribution < 1.29 is 18.8 Å². The number of benzene rings is 1. The van der Waals surface area contributed by atoms with Gasteiger partial charge in [0.15, 0.2) is 0 Å². The number of likely N-dealkylation sites (N-methyl/N-ethyl adjacent to an activating group) is 1. The lowest BCUT2D eigenvalue weighted by molar-refractivity contribution is -0.138. The fraction of sp³-hybridized carbons (Fsp3) is 0.350. The number of nitrogens with zero attached hydrogens (tertiary/aromatic N) is 2. The zero-order valence-corrected chi connectivity index (χ0v) is 15.9. The Kier molecular flexibility index (Phi) is 4.78. The maximum Gasteiger partial charge on any atom is 0.325 e. The lowest BCUT2D eigenvalue weighted by Gasteiger charge is -2.22. The topological polar surface area (TPSA) is 82.9 Å². The second-order valence-electron chi connectivity index (χ2n) is 7.01. The van der Waals surface area contributed by atoms with Gasteiger partial charge in [-0.1, -0.05) is 30.3 Å². The first kappa shape index (κ1) is 18.7. The zero-order chi connectivity index (χ0) is 19.8. The second-order valence-corrected chi connectivity index (χ2v) is 7.01. The predicted octanol–water partition coefficient (Wildman–Crippen LogP) is 2.32. The minimum atomic E-state index is -1.24. The number of nitrogens with one attached hydrogen (secondary N) is 1. The standard InChI is InChI=1S/C20H23N3O4/c1-13-10-16(14(2)27-13)20(3)18(25)23(19(26)21-20)12-17(24)22(4)11-15-8-6-5-7-9-15/h5-10H,11-12H2,1-4H3,(H,21,26). The van der Waals surface area contributed by atoms with Gasteiger partial charge >= 0.3 is 6.03 Å². The molecule has 142 valence electrons. The summed E-state index contributed by atoms with van der Waals surface area (Å²) in [4.78, 5) is 40.4. The van der Waals surface area contributed by atoms with Crippen molar-refractivity contribution in [3.63, 3.8) is 0 Å². The molecule has 1 fully saturated rings. The highest BCUT2D eigenvalue weighted by Crippen LogP contribution is 2.32. The largest absolute Gasteiger partial charge is 0.466 e. The van der Waals surface area contributed by atoms with Gasteiger partial charge in [-0.15, -0.1) is 0 Å². The summed E-state index contributed by atoms with van der Waals surface area (Å²) in [6.07, 6.45) is 0. The van der Waals surface area contributed by atoms with Crippen molar-refractivity contribution in [1.29, 1.82) is 0 Å². The Morgan fingerprint density at radius 2 is 1.89 bits per heavy atom. The molecule has 0 bridgehead atoms. The number of amides is 4. The van der Waals surface area contributed by atoms with Gasteiger partial charge in [0.1, 0.15) is 23.6 Å². The molecule has 1 aliphatic heterocycles. The van der Waals surface area contributed by atoms with Gasteiger partial charge in [-0.25, -0.2) is 4.79 Å². The van der Waals surface area contributed by atoms with E-state index in [1.165, 1.54) is 4.90 Å². The smallest absolute Gasteiger partial charge is 0.325 e. The SMILES string of the molecule is Cc1cc(C2(C)NC(=O)N(CC(=O)N(C)Cc3ccccc3)C2=O)c(C)o1. The summed E-state index contributed by atoms with van der Waals surface area (Å²) < 4.78 is 5.50. The molecule has 2 aromatic rings. The second kappa shape index (κ2) is 6.90. The molecule has 1 aromatic carbocycles. The van der Waals surface area contributed by atoms with Crippen LogP contribution in [0.15, 0.2) is 40.8 Å². The molecule has 1 unspecified atom stereocenters. The Morgan fingerprint density at radius 1 is 1.22 bits per heavy atom. The highest BCUT2D eigenvalue weighted by molar-refractivity contribution is 6.09. The average Bonchev–Trinajstić information content (AvgIpc) is 3.07. The van der Waals surface area contributed by atoms with Crippen LogP contribution in [0.4, 0.5) is 4.79 Å². The Hall–Kier alpha value is -3.09. The van der Waals surface area contributed by atoms with Gasteiger partial charge in [0.25, 0.3) is 5.91 Å². The van der Waals surface area contributed by atoms with Crippen LogP contribution in [0.5, 0.6) is 0 Å². The number of carbonyl (C=O) groups excluding carboxylic acids is 3. The summed E-state index contributed by atoms with van der Waals surface area (Å²) in [5.41, 5.74) is 0.336. The summed E-state index contributed by atoms with van der Waals surface area (Å²) in [7, 11) is 1.65. The first-order valence-electron chi connectivity index (χ1n) is 8.72. The average molecular weight is 369 g/mol. The molecule has 3 rings (SSSR count). The number of hydrogen-bond donors (Lipinski definition) is 1. The molecule has 1 N–H and O–H groups in total. The highest BCUT2D eigenvalue weighted by Gasteiger charge is 2.51. The number of imide groups is 1. The number of hydrogen-bond acceptors (Lipinski definition) is 4. The van der Waals surface area contributed by atoms with Crippen molar-refractivity contribution in [2.45, 2.75) is 32.9 Å². The van der Waals surface area contributed by atoms with E-state index < -0.39 is 17.5 Å². The van der Waals surface area contributed by atoms with Crippen LogP contribution in [0.2, 0.25) is 0 Å². The van der Waals surface area contributed by atoms with Gasteiger partial charge in [-0.3, -0.25) is 14.5 Å². The minimum absolute atomic E-state index is 0.306. The predicted molar refractivity (Wildman–Crippen MR) is 98.7 cm³/mol. The van der Waals surface area contributed by atoms with E-state index in [1.54, 1.807) is 33.9 Å². The van der Waals surface area contributed by atoms with Crippen LogP contribution in [-0.2, 0) is 21.7 Å². The fourth-order valence-electron chi connectivity index (χ4n) is 3.35. The monoisotopic (exact) mass is 369 g/mol. The van der Waals surface area contributed by atoms with E-state index in [4.69, 9.17) is 4.42 Å². The van der Waals surface area contributed by atoms with Gasteiger partial charge in [-0.05, 0) is 32.4 Å². The van der Waals surface area contributed by atoms with Crippen molar-refractivity contribution in [1.82, 2.24) is 15.1 Å². The first-order chi connectivity index (χ1) is 12.7. The van der Waals surface area contributed by atoms with Crippen LogP contribution in [0.1, 0.15) is 29.6 Å². The number of rotatable bonds is 5. The van der Waals surface area contributed by atoms with Crippen LogP contribution in [0, 0.1) is 13.8 Å². The van der Waals surface area contributed by atoms with E-state index in [9.17, 15) is 14.4 Å². The Balaban J connectivity index is 1.74. The maximum absolute atomic E-state index is 12.9. The molecule has 7 nitrogen and oxygen atoms in total. The summed E-state index contributed by atoms with van der Waals surface area (Å²) >= 11 is 0. The van der Waals surface area contributed by atoms with E-state index in [1.807, 2.05) is 30.3 Å². The quantitative estimate of drug-likeness (QED) is 0.820. The molecule has 1 aliphatic rings. The number of urea groups is 1. The molecule has 0 spiro atoms. The molecule has 1 aromatic heterocycles. The summed E-state index contributed by atoms with van der Waals surface area (Å²) in [5.74, 6) is 0.450. The third-order valence-corrected chi connectivity index (χ3v) is 4.84. The van der Waals surface area contributed by atoms with Gasteiger partial charge in [0.2, 0.25) is 5.91 Å². The van der Waals surface area contributed by atoms with Crippen LogP contribution in [0.25, 0.3) is 0 Å². The van der Waals surface area contributed by atoms with Crippen molar-refractivity contribution in [2.24, 2.45) is 0 Å². The molecule has 4 amide bonds. The fourth-order valence-corrected chi connectivity index (χ4v) is 3.35. The van der Waals surface area contributed by atoms with E-state index in [2.05, 4.69) is 5.32 Å². The molecule has 27 heavy (non-hydrogen) atoms. The molecule has 7 heteroatoms. The van der Waals surface area contributed by atoms with Crippen molar-refractivity contribution >= 4 is 17.8 Å². The molecule has 1 atom stereocenters. The van der Waals surface area contributed by atoms with E-state index in [-0.39, 0.29) is 12.5 Å². The van der Waals surface area contributed by atoms with Gasteiger partial charge in [0, 0.05) is 19.2 Å². The van der Waals surface area contributed by atoms with Gasteiger partial charge in [-0.2, -0.15) is 0 Å². The lowest BCUT2D eigenvalue weighted by Crippen LogP contribution is -2.43. The highest BCUT2D eigenvalue weighted by atomic mass is 16.3. The molecule has 0 saturated carbocycles. The van der Waals surface area contributed by atoms with Crippen molar-refractivity contribution in [3.05, 3.63) is 59.0 Å². The molecular formula is C20H23N3O4. The Morgan fingerprint density at radius 3 is 2.48 bits per heavy atom. The maximum atomic E-state index is 12.9. The lowest BCUT2D eigenvalue weighted by atomic mass is 9.92. The molecule has 0 radical (unpaired) electrons. The third kappa shape index (κ3) is 3.45. The summed E-state index contributed by atoms with van der Waals surface area (Å²) in [5, 5.41) is 2.70. The number of carbonyl (C=O) groups is 3. The Bertz CT molecular complexity index is 890. The minimum Gasteiger partial charge on any atom is -0.466 e. The summed E-state index contributed by atoms with van der Waals surface area (Å²) in [6, 6.07) is 10.7. The summed E-state index contributed by atoms with van der Waals surface area (Å²) in [6.45, 7) is 5.25. The molecule has 1 saturated heterocycles. The Labute approximate surface area is 157 Å². The van der Waals surface area contributed by atoms with Crippen LogP contribution in [0.3, 0.4) is 0 Å². The zero-order valence-electron chi connectivity index (χ0n) is 15.9. The van der Waals surface area contributed by atoms with Crippen LogP contribution < -0.4 is 5.32 Å². The van der Waals surface area contributed by atoms with E-state index >= 15 is 0 Å². The normalized spacial score (nSPS) is 19.3. The first-order valence-corrected chi connectivity index (χ1v) is 8.72. The van der Waals surface area contributed by atoms with Crippen molar-refractivity contribution in [2.75, 3.05) is 13.6 Å². The van der Waals surface area contributed by atoms with Crippen LogP contribution in [-0.4, -0.2) is 41.2 Å². The van der Waals surface area contributed by atoms with E-state index in [0.29, 0.717) is 23.6 Å². The molecule has 0 aliphatic carbocycles. The number of furan rings is 1. The van der Waals surface area contributed by atoms with E-state index in [0.717, 1.165) is 10.5 Å². The number of aryl methyl sites for hydroxylation is 2. The molecule has 2 heterocycles. The van der Waals surface area contributed by atoms with Gasteiger partial charge < -0.3 is 14.6 Å². The third-order valence-electron chi connectivity index (χ3n) is 4.84. The van der Waals surface area contributed by atoms with Gasteiger partial charge in [0.05, 0.1) is 0 Å². The molecular weight excluding hydrogens is 346 g/mol. The van der Waals surface area contributed by atoms with Crippen molar-refractivity contribution in [3.8, 4) is 0 Å². The van der Waals surface area contributed by atoms with Crippen LogP contribution >= 0.6 is 0 Å².